The molecule has 1 fully saturated rings. The minimum absolute atomic E-state index is 0.0910. The molecular weight excluding hydrogens is 324 g/mol. The van der Waals surface area contributed by atoms with Crippen LogP contribution in [-0.4, -0.2) is 34.5 Å². The minimum atomic E-state index is -0.0910. The minimum Gasteiger partial charge on any atom is -0.353 e. The highest BCUT2D eigenvalue weighted by Gasteiger charge is 2.26. The molecule has 3 rings (SSSR count). The Morgan fingerprint density at radius 1 is 1.31 bits per heavy atom. The third kappa shape index (κ3) is 4.03. The van der Waals surface area contributed by atoms with Gasteiger partial charge in [-0.3, -0.25) is 4.79 Å². The molecule has 1 aliphatic rings. The van der Waals surface area contributed by atoms with Crippen molar-refractivity contribution < 1.29 is 4.79 Å². The third-order valence-corrected chi connectivity index (χ3v) is 5.11. The molecular formula is C21H28N4O. The van der Waals surface area contributed by atoms with Gasteiger partial charge >= 0.3 is 0 Å². The summed E-state index contributed by atoms with van der Waals surface area (Å²) in [4.78, 5) is 24.4. The van der Waals surface area contributed by atoms with Crippen molar-refractivity contribution in [2.45, 2.75) is 58.5 Å². The van der Waals surface area contributed by atoms with Gasteiger partial charge in [-0.05, 0) is 39.5 Å². The average Bonchev–Trinajstić information content (AvgIpc) is 2.68. The van der Waals surface area contributed by atoms with Crippen LogP contribution in [0.1, 0.15) is 56.8 Å². The fourth-order valence-corrected chi connectivity index (χ4v) is 3.29. The molecule has 1 aromatic heterocycles. The van der Waals surface area contributed by atoms with Gasteiger partial charge in [0.15, 0.2) is 5.82 Å². The molecule has 2 aromatic rings. The number of nitrogens with zero attached hydrogens (tertiary/aromatic N) is 3. The Labute approximate surface area is 155 Å². The summed E-state index contributed by atoms with van der Waals surface area (Å²) in [5.74, 6) is 1.33. The van der Waals surface area contributed by atoms with E-state index < -0.39 is 0 Å². The topological polar surface area (TPSA) is 58.1 Å². The van der Waals surface area contributed by atoms with Gasteiger partial charge in [-0.1, -0.05) is 37.3 Å². The maximum absolute atomic E-state index is 12.8. The van der Waals surface area contributed by atoms with Gasteiger partial charge in [-0.2, -0.15) is 0 Å². The van der Waals surface area contributed by atoms with E-state index >= 15 is 0 Å². The van der Waals surface area contributed by atoms with Gasteiger partial charge in [0.1, 0.15) is 11.4 Å². The van der Waals surface area contributed by atoms with Crippen molar-refractivity contribution in [1.82, 2.24) is 15.3 Å². The molecule has 0 aliphatic carbocycles. The van der Waals surface area contributed by atoms with E-state index in [2.05, 4.69) is 29.0 Å². The molecule has 2 atom stereocenters. The van der Waals surface area contributed by atoms with E-state index in [4.69, 9.17) is 4.98 Å². The number of piperidine rings is 1. The van der Waals surface area contributed by atoms with Crippen molar-refractivity contribution in [2.24, 2.45) is 0 Å². The van der Waals surface area contributed by atoms with E-state index in [1.165, 1.54) is 6.42 Å². The molecule has 1 saturated heterocycles. The molecule has 1 amide bonds. The zero-order valence-corrected chi connectivity index (χ0v) is 15.9. The molecule has 0 spiro atoms. The molecule has 0 radical (unpaired) electrons. The van der Waals surface area contributed by atoms with Crippen LogP contribution in [-0.2, 0) is 0 Å². The normalized spacial score (nSPS) is 18.4. The van der Waals surface area contributed by atoms with Gasteiger partial charge in [0.05, 0.1) is 0 Å². The third-order valence-electron chi connectivity index (χ3n) is 5.11. The fourth-order valence-electron chi connectivity index (χ4n) is 3.29. The molecule has 1 aliphatic heterocycles. The number of aromatic nitrogens is 2. The van der Waals surface area contributed by atoms with Crippen LogP contribution in [0.3, 0.4) is 0 Å². The van der Waals surface area contributed by atoms with E-state index in [1.807, 2.05) is 37.3 Å². The second-order valence-corrected chi connectivity index (χ2v) is 7.12. The molecule has 26 heavy (non-hydrogen) atoms. The van der Waals surface area contributed by atoms with Crippen molar-refractivity contribution in [1.29, 1.82) is 0 Å². The van der Waals surface area contributed by atoms with Gasteiger partial charge in [0.25, 0.3) is 5.91 Å². The summed E-state index contributed by atoms with van der Waals surface area (Å²) >= 11 is 0. The lowest BCUT2D eigenvalue weighted by Crippen LogP contribution is -2.40. The number of amides is 1. The Kier molecular flexibility index (Phi) is 5.86. The summed E-state index contributed by atoms with van der Waals surface area (Å²) in [6.45, 7) is 7.21. The number of carbonyl (C=O) groups excluding carboxylic acids is 1. The summed E-state index contributed by atoms with van der Waals surface area (Å²) < 4.78 is 0. The average molecular weight is 352 g/mol. The maximum Gasteiger partial charge on any atom is 0.256 e. The lowest BCUT2D eigenvalue weighted by Gasteiger charge is -2.35. The maximum atomic E-state index is 12.8. The Bertz CT molecular complexity index is 747. The Morgan fingerprint density at radius 3 is 2.77 bits per heavy atom. The molecule has 5 heteroatoms. The monoisotopic (exact) mass is 352 g/mol. The quantitative estimate of drug-likeness (QED) is 0.882. The Hall–Kier alpha value is -2.43. The van der Waals surface area contributed by atoms with Crippen LogP contribution in [0.4, 0.5) is 5.82 Å². The second kappa shape index (κ2) is 8.30. The first-order valence-electron chi connectivity index (χ1n) is 9.60. The van der Waals surface area contributed by atoms with Gasteiger partial charge in [-0.15, -0.1) is 0 Å². The smallest absolute Gasteiger partial charge is 0.256 e. The number of benzene rings is 1. The van der Waals surface area contributed by atoms with Crippen molar-refractivity contribution in [3.8, 4) is 11.4 Å². The summed E-state index contributed by atoms with van der Waals surface area (Å²) in [5, 5.41) is 3.05. The zero-order valence-electron chi connectivity index (χ0n) is 15.9. The first kappa shape index (κ1) is 18.4. The van der Waals surface area contributed by atoms with Crippen LogP contribution in [0.2, 0.25) is 0 Å². The molecule has 1 aromatic carbocycles. The summed E-state index contributed by atoms with van der Waals surface area (Å²) in [6, 6.07) is 10.4. The van der Waals surface area contributed by atoms with E-state index in [-0.39, 0.29) is 11.9 Å². The van der Waals surface area contributed by atoms with Gasteiger partial charge in [0, 0.05) is 30.4 Å². The molecule has 138 valence electrons. The van der Waals surface area contributed by atoms with Crippen LogP contribution < -0.4 is 10.2 Å². The SMILES string of the molecule is CC[C@H](C)NC(=O)c1cnc(-c2ccccc2)nc1N1CCCC[C@@H]1C. The number of hydrogen-bond acceptors (Lipinski definition) is 4. The second-order valence-electron chi connectivity index (χ2n) is 7.12. The predicted molar refractivity (Wildman–Crippen MR) is 105 cm³/mol. The van der Waals surface area contributed by atoms with Crippen LogP contribution in [0.15, 0.2) is 36.5 Å². The molecule has 2 heterocycles. The van der Waals surface area contributed by atoms with Crippen LogP contribution in [0.25, 0.3) is 11.4 Å². The fraction of sp³-hybridized carbons (Fsp3) is 0.476. The first-order valence-corrected chi connectivity index (χ1v) is 9.60. The molecule has 0 saturated carbocycles. The molecule has 1 N–H and O–H groups in total. The lowest BCUT2D eigenvalue weighted by atomic mass is 10.0. The highest BCUT2D eigenvalue weighted by molar-refractivity contribution is 5.99. The van der Waals surface area contributed by atoms with E-state index in [0.717, 1.165) is 37.2 Å². The molecule has 0 bridgehead atoms. The van der Waals surface area contributed by atoms with Crippen molar-refractivity contribution in [3.05, 3.63) is 42.1 Å². The number of hydrogen-bond donors (Lipinski definition) is 1. The number of rotatable bonds is 5. The summed E-state index contributed by atoms with van der Waals surface area (Å²) in [5.41, 5.74) is 1.53. The number of anilines is 1. The van der Waals surface area contributed by atoms with E-state index in [0.29, 0.717) is 17.4 Å². The summed E-state index contributed by atoms with van der Waals surface area (Å²) in [6.07, 6.45) is 6.05. The molecule has 5 nitrogen and oxygen atoms in total. The highest BCUT2D eigenvalue weighted by atomic mass is 16.1. The van der Waals surface area contributed by atoms with E-state index in [1.54, 1.807) is 6.20 Å². The Balaban J connectivity index is 2.01. The summed E-state index contributed by atoms with van der Waals surface area (Å²) in [7, 11) is 0. The van der Waals surface area contributed by atoms with Crippen LogP contribution in [0.5, 0.6) is 0 Å². The van der Waals surface area contributed by atoms with Crippen molar-refractivity contribution >= 4 is 11.7 Å². The number of nitrogens with one attached hydrogen (secondary N) is 1. The highest BCUT2D eigenvalue weighted by Crippen LogP contribution is 2.28. The van der Waals surface area contributed by atoms with Crippen molar-refractivity contribution in [3.63, 3.8) is 0 Å². The predicted octanol–water partition coefficient (Wildman–Crippen LogP) is 4.05. The Morgan fingerprint density at radius 2 is 2.08 bits per heavy atom. The van der Waals surface area contributed by atoms with Gasteiger partial charge in [-0.25, -0.2) is 9.97 Å². The van der Waals surface area contributed by atoms with Crippen molar-refractivity contribution in [2.75, 3.05) is 11.4 Å². The van der Waals surface area contributed by atoms with Gasteiger partial charge < -0.3 is 10.2 Å². The standard InChI is InChI=1S/C21H28N4O/c1-4-15(2)23-21(26)18-14-22-19(17-11-6-5-7-12-17)24-20(18)25-13-9-8-10-16(25)3/h5-7,11-12,14-16H,4,8-10,13H2,1-3H3,(H,23,26)/t15-,16-/m0/s1. The van der Waals surface area contributed by atoms with Gasteiger partial charge in [0.2, 0.25) is 0 Å². The van der Waals surface area contributed by atoms with Crippen LogP contribution >= 0.6 is 0 Å². The zero-order chi connectivity index (χ0) is 18.5. The molecule has 0 unspecified atom stereocenters. The number of carbonyl (C=O) groups is 1. The lowest BCUT2D eigenvalue weighted by molar-refractivity contribution is 0.0939. The van der Waals surface area contributed by atoms with E-state index in [9.17, 15) is 4.79 Å². The first-order chi connectivity index (χ1) is 12.6. The van der Waals surface area contributed by atoms with Crippen LogP contribution in [0, 0.1) is 0 Å². The largest absolute Gasteiger partial charge is 0.353 e.